The van der Waals surface area contributed by atoms with Gasteiger partial charge in [0.05, 0.1) is 7.11 Å². The molecule has 4 nitrogen and oxygen atoms in total. The van der Waals surface area contributed by atoms with Gasteiger partial charge in [0.1, 0.15) is 6.04 Å². The van der Waals surface area contributed by atoms with E-state index in [9.17, 15) is 4.79 Å². The van der Waals surface area contributed by atoms with E-state index in [1.165, 1.54) is 7.11 Å². The molecule has 1 heterocycles. The van der Waals surface area contributed by atoms with Crippen molar-refractivity contribution < 1.29 is 9.53 Å². The maximum absolute atomic E-state index is 11.6. The third kappa shape index (κ3) is 1.96. The lowest BCUT2D eigenvalue weighted by Gasteiger charge is -2.24. The Morgan fingerprint density at radius 2 is 2.38 bits per heavy atom. The minimum absolute atomic E-state index is 0.160. The second kappa shape index (κ2) is 4.43. The van der Waals surface area contributed by atoms with Gasteiger partial charge in [0, 0.05) is 17.9 Å². The van der Waals surface area contributed by atoms with Crippen LogP contribution in [0.15, 0.2) is 24.3 Å². The third-order valence-corrected chi connectivity index (χ3v) is 2.93. The van der Waals surface area contributed by atoms with E-state index in [0.717, 1.165) is 25.1 Å². The van der Waals surface area contributed by atoms with E-state index in [2.05, 4.69) is 4.90 Å². The van der Waals surface area contributed by atoms with Gasteiger partial charge in [0.25, 0.3) is 0 Å². The second-order valence-corrected chi connectivity index (χ2v) is 3.97. The van der Waals surface area contributed by atoms with E-state index in [4.69, 9.17) is 10.5 Å². The molecule has 1 aliphatic rings. The monoisotopic (exact) mass is 220 g/mol. The number of anilines is 2. The first kappa shape index (κ1) is 10.8. The number of methoxy groups -OCH3 is 1. The lowest BCUT2D eigenvalue weighted by Crippen LogP contribution is -2.36. The molecule has 0 unspecified atom stereocenters. The van der Waals surface area contributed by atoms with Crippen LogP contribution in [0.2, 0.25) is 0 Å². The third-order valence-electron chi connectivity index (χ3n) is 2.93. The Balaban J connectivity index is 2.23. The second-order valence-electron chi connectivity index (χ2n) is 3.97. The van der Waals surface area contributed by atoms with Crippen LogP contribution in [-0.2, 0) is 9.53 Å². The minimum atomic E-state index is -0.167. The van der Waals surface area contributed by atoms with Gasteiger partial charge in [-0.25, -0.2) is 4.79 Å². The summed E-state index contributed by atoms with van der Waals surface area (Å²) in [6.07, 6.45) is 1.86. The molecule has 0 aliphatic carbocycles. The predicted molar refractivity (Wildman–Crippen MR) is 63.2 cm³/mol. The van der Waals surface area contributed by atoms with E-state index in [1.54, 1.807) is 0 Å². The highest BCUT2D eigenvalue weighted by Gasteiger charge is 2.31. The Morgan fingerprint density at radius 3 is 3.06 bits per heavy atom. The molecule has 1 fully saturated rings. The summed E-state index contributed by atoms with van der Waals surface area (Å²) in [6.45, 7) is 0.878. The number of nitrogen functional groups attached to an aromatic ring is 1. The fourth-order valence-electron chi connectivity index (χ4n) is 2.16. The first-order chi connectivity index (χ1) is 7.72. The molecule has 2 N–H and O–H groups in total. The first-order valence-electron chi connectivity index (χ1n) is 5.42. The molecule has 1 aromatic carbocycles. The fourth-order valence-corrected chi connectivity index (χ4v) is 2.16. The lowest BCUT2D eigenvalue weighted by atomic mass is 10.2. The Morgan fingerprint density at radius 1 is 1.56 bits per heavy atom. The smallest absolute Gasteiger partial charge is 0.328 e. The van der Waals surface area contributed by atoms with Crippen molar-refractivity contribution in [3.05, 3.63) is 24.3 Å². The molecule has 16 heavy (non-hydrogen) atoms. The van der Waals surface area contributed by atoms with Gasteiger partial charge in [0.2, 0.25) is 0 Å². The lowest BCUT2D eigenvalue weighted by molar-refractivity contribution is -0.141. The van der Waals surface area contributed by atoms with Crippen LogP contribution in [0.1, 0.15) is 12.8 Å². The van der Waals surface area contributed by atoms with Crippen LogP contribution in [0.4, 0.5) is 11.4 Å². The van der Waals surface area contributed by atoms with Crippen LogP contribution in [-0.4, -0.2) is 25.7 Å². The Bertz CT molecular complexity index is 392. The highest BCUT2D eigenvalue weighted by atomic mass is 16.5. The molecule has 1 atom stereocenters. The van der Waals surface area contributed by atoms with Gasteiger partial charge in [-0.05, 0) is 31.0 Å². The van der Waals surface area contributed by atoms with E-state index in [0.29, 0.717) is 5.69 Å². The molecular formula is C12H16N2O2. The number of esters is 1. The number of benzene rings is 1. The summed E-state index contributed by atoms with van der Waals surface area (Å²) >= 11 is 0. The van der Waals surface area contributed by atoms with Crippen molar-refractivity contribution in [1.82, 2.24) is 0 Å². The number of ether oxygens (including phenoxy) is 1. The van der Waals surface area contributed by atoms with E-state index < -0.39 is 0 Å². The van der Waals surface area contributed by atoms with Gasteiger partial charge in [-0.2, -0.15) is 0 Å². The number of nitrogens with zero attached hydrogens (tertiary/aromatic N) is 1. The zero-order valence-corrected chi connectivity index (χ0v) is 9.35. The zero-order valence-electron chi connectivity index (χ0n) is 9.35. The largest absolute Gasteiger partial charge is 0.467 e. The number of hydrogen-bond acceptors (Lipinski definition) is 4. The topological polar surface area (TPSA) is 55.6 Å². The minimum Gasteiger partial charge on any atom is -0.467 e. The highest BCUT2D eigenvalue weighted by molar-refractivity contribution is 5.81. The van der Waals surface area contributed by atoms with Crippen LogP contribution in [0.3, 0.4) is 0 Å². The van der Waals surface area contributed by atoms with Crippen molar-refractivity contribution in [2.75, 3.05) is 24.3 Å². The Hall–Kier alpha value is -1.71. The van der Waals surface area contributed by atoms with Gasteiger partial charge in [-0.1, -0.05) is 6.07 Å². The molecule has 2 rings (SSSR count). The van der Waals surface area contributed by atoms with Crippen LogP contribution in [0, 0.1) is 0 Å². The van der Waals surface area contributed by atoms with Crippen LogP contribution in [0.5, 0.6) is 0 Å². The fraction of sp³-hybridized carbons (Fsp3) is 0.417. The number of carbonyl (C=O) groups excluding carboxylic acids is 1. The molecule has 1 saturated heterocycles. The van der Waals surface area contributed by atoms with Crippen LogP contribution in [0.25, 0.3) is 0 Å². The molecule has 0 radical (unpaired) electrons. The molecule has 0 bridgehead atoms. The van der Waals surface area contributed by atoms with E-state index >= 15 is 0 Å². The average molecular weight is 220 g/mol. The average Bonchev–Trinajstić information content (AvgIpc) is 2.77. The number of hydrogen-bond donors (Lipinski definition) is 1. The standard InChI is InChI=1S/C12H16N2O2/c1-16-12(15)11-6-3-7-14(11)10-5-2-4-9(13)8-10/h2,4-5,8,11H,3,6-7,13H2,1H3/t11-/m1/s1. The molecular weight excluding hydrogens is 204 g/mol. The van der Waals surface area contributed by atoms with Gasteiger partial charge >= 0.3 is 5.97 Å². The molecule has 0 saturated carbocycles. The quantitative estimate of drug-likeness (QED) is 0.605. The van der Waals surface area contributed by atoms with Crippen LogP contribution < -0.4 is 10.6 Å². The number of rotatable bonds is 2. The van der Waals surface area contributed by atoms with Crippen molar-refractivity contribution in [2.24, 2.45) is 0 Å². The van der Waals surface area contributed by atoms with Gasteiger partial charge in [0.15, 0.2) is 0 Å². The highest BCUT2D eigenvalue weighted by Crippen LogP contribution is 2.27. The van der Waals surface area contributed by atoms with Crippen molar-refractivity contribution >= 4 is 17.3 Å². The number of nitrogens with two attached hydrogens (primary N) is 1. The first-order valence-corrected chi connectivity index (χ1v) is 5.42. The summed E-state index contributed by atoms with van der Waals surface area (Å²) in [5, 5.41) is 0. The molecule has 86 valence electrons. The molecule has 1 aromatic rings. The van der Waals surface area contributed by atoms with Crippen LogP contribution >= 0.6 is 0 Å². The van der Waals surface area contributed by atoms with Gasteiger partial charge in [-0.15, -0.1) is 0 Å². The van der Waals surface area contributed by atoms with Gasteiger partial charge < -0.3 is 15.4 Å². The predicted octanol–water partition coefficient (Wildman–Crippen LogP) is 1.41. The van der Waals surface area contributed by atoms with Crippen molar-refractivity contribution in [1.29, 1.82) is 0 Å². The summed E-state index contributed by atoms with van der Waals surface area (Å²) in [4.78, 5) is 13.6. The molecule has 0 amide bonds. The summed E-state index contributed by atoms with van der Waals surface area (Å²) in [7, 11) is 1.43. The summed E-state index contributed by atoms with van der Waals surface area (Å²) in [5.74, 6) is -0.167. The Labute approximate surface area is 95.0 Å². The molecule has 4 heteroatoms. The van der Waals surface area contributed by atoms with E-state index in [-0.39, 0.29) is 12.0 Å². The molecule has 0 aromatic heterocycles. The summed E-state index contributed by atoms with van der Waals surface area (Å²) in [6, 6.07) is 7.44. The Kier molecular flexibility index (Phi) is 2.99. The summed E-state index contributed by atoms with van der Waals surface area (Å²) in [5.41, 5.74) is 7.45. The molecule has 0 spiro atoms. The summed E-state index contributed by atoms with van der Waals surface area (Å²) < 4.78 is 4.80. The van der Waals surface area contributed by atoms with Crippen molar-refractivity contribution in [2.45, 2.75) is 18.9 Å². The van der Waals surface area contributed by atoms with Crippen molar-refractivity contribution in [3.8, 4) is 0 Å². The van der Waals surface area contributed by atoms with Gasteiger partial charge in [-0.3, -0.25) is 0 Å². The SMILES string of the molecule is COC(=O)[C@H]1CCCN1c1cccc(N)c1. The maximum atomic E-state index is 11.6. The van der Waals surface area contributed by atoms with Crippen molar-refractivity contribution in [3.63, 3.8) is 0 Å². The normalized spacial score (nSPS) is 19.8. The maximum Gasteiger partial charge on any atom is 0.328 e. The zero-order chi connectivity index (χ0) is 11.5. The molecule has 1 aliphatic heterocycles. The van der Waals surface area contributed by atoms with E-state index in [1.807, 2.05) is 24.3 Å². The number of carbonyl (C=O) groups is 1.